The molecule has 0 aromatic carbocycles. The molecular formula is C9H11N5O. The minimum absolute atomic E-state index is 0.225. The van der Waals surface area contributed by atoms with Gasteiger partial charge in [0.2, 0.25) is 0 Å². The first-order chi connectivity index (χ1) is 7.09. The van der Waals surface area contributed by atoms with Crippen LogP contribution in [0.1, 0.15) is 16.3 Å². The predicted octanol–water partition coefficient (Wildman–Crippen LogP) is 0.196. The van der Waals surface area contributed by atoms with Crippen LogP contribution < -0.4 is 5.73 Å². The molecule has 0 atom stereocenters. The van der Waals surface area contributed by atoms with Gasteiger partial charge in [0.25, 0.3) is 5.91 Å². The van der Waals surface area contributed by atoms with Crippen LogP contribution in [0.2, 0.25) is 0 Å². The number of imidazole rings is 1. The van der Waals surface area contributed by atoms with Crippen LogP contribution in [0.5, 0.6) is 0 Å². The summed E-state index contributed by atoms with van der Waals surface area (Å²) in [5.41, 5.74) is 5.91. The Balaban J connectivity index is 2.41. The zero-order valence-corrected chi connectivity index (χ0v) is 8.51. The van der Waals surface area contributed by atoms with Gasteiger partial charge >= 0.3 is 0 Å². The van der Waals surface area contributed by atoms with Gasteiger partial charge in [0.05, 0.1) is 0 Å². The Kier molecular flexibility index (Phi) is 2.03. The van der Waals surface area contributed by atoms with Crippen molar-refractivity contribution in [2.75, 3.05) is 5.73 Å². The molecule has 0 saturated heterocycles. The van der Waals surface area contributed by atoms with Crippen molar-refractivity contribution in [1.82, 2.24) is 19.3 Å². The summed E-state index contributed by atoms with van der Waals surface area (Å²) in [4.78, 5) is 15.9. The summed E-state index contributed by atoms with van der Waals surface area (Å²) in [5.74, 6) is 0.859. The summed E-state index contributed by atoms with van der Waals surface area (Å²) in [6.45, 7) is 1.75. The van der Waals surface area contributed by atoms with Gasteiger partial charge in [0.1, 0.15) is 11.6 Å². The molecule has 0 bridgehead atoms. The van der Waals surface area contributed by atoms with E-state index in [-0.39, 0.29) is 5.91 Å². The van der Waals surface area contributed by atoms with E-state index in [1.807, 2.05) is 0 Å². The number of hydrogen-bond donors (Lipinski definition) is 1. The van der Waals surface area contributed by atoms with Crippen molar-refractivity contribution < 1.29 is 4.79 Å². The lowest BCUT2D eigenvalue weighted by Gasteiger charge is -1.98. The van der Waals surface area contributed by atoms with Crippen LogP contribution >= 0.6 is 0 Å². The van der Waals surface area contributed by atoms with Crippen LogP contribution in [0.15, 0.2) is 18.5 Å². The van der Waals surface area contributed by atoms with Gasteiger partial charge in [-0.15, -0.1) is 0 Å². The van der Waals surface area contributed by atoms with Crippen molar-refractivity contribution in [2.24, 2.45) is 7.05 Å². The van der Waals surface area contributed by atoms with Crippen molar-refractivity contribution in [3.05, 3.63) is 30.0 Å². The largest absolute Gasteiger partial charge is 0.384 e. The molecule has 0 aliphatic rings. The third-order valence-electron chi connectivity index (χ3n) is 2.18. The molecule has 6 nitrogen and oxygen atoms in total. The molecule has 0 amide bonds. The maximum Gasteiger partial charge on any atom is 0.283 e. The van der Waals surface area contributed by atoms with Crippen LogP contribution in [-0.2, 0) is 7.05 Å². The highest BCUT2D eigenvalue weighted by atomic mass is 16.2. The average molecular weight is 205 g/mol. The molecule has 0 aliphatic carbocycles. The summed E-state index contributed by atoms with van der Waals surface area (Å²) >= 11 is 0. The van der Waals surface area contributed by atoms with Gasteiger partial charge in [0.15, 0.2) is 5.69 Å². The van der Waals surface area contributed by atoms with Gasteiger partial charge in [-0.25, -0.2) is 4.98 Å². The number of carbonyl (C=O) groups excluding carboxylic acids is 1. The summed E-state index contributed by atoms with van der Waals surface area (Å²) < 4.78 is 2.89. The predicted molar refractivity (Wildman–Crippen MR) is 54.3 cm³/mol. The molecule has 0 radical (unpaired) electrons. The van der Waals surface area contributed by atoms with E-state index in [9.17, 15) is 4.79 Å². The zero-order chi connectivity index (χ0) is 11.0. The molecule has 2 aromatic rings. The Morgan fingerprint density at radius 3 is 2.73 bits per heavy atom. The third-order valence-corrected chi connectivity index (χ3v) is 2.18. The van der Waals surface area contributed by atoms with Crippen molar-refractivity contribution in [3.8, 4) is 0 Å². The molecule has 2 rings (SSSR count). The second-order valence-corrected chi connectivity index (χ2v) is 3.23. The molecule has 0 unspecified atom stereocenters. The molecule has 2 heterocycles. The maximum absolute atomic E-state index is 11.9. The van der Waals surface area contributed by atoms with E-state index in [1.165, 1.54) is 9.25 Å². The topological polar surface area (TPSA) is 78.7 Å². The van der Waals surface area contributed by atoms with Gasteiger partial charge < -0.3 is 5.73 Å². The molecule has 6 heteroatoms. The number of carbonyl (C=O) groups is 1. The Bertz CT molecular complexity index is 491. The highest BCUT2D eigenvalue weighted by molar-refractivity contribution is 5.95. The van der Waals surface area contributed by atoms with Gasteiger partial charge in [-0.1, -0.05) is 0 Å². The van der Waals surface area contributed by atoms with Crippen molar-refractivity contribution in [1.29, 1.82) is 0 Å². The average Bonchev–Trinajstić information content (AvgIpc) is 2.74. The smallest absolute Gasteiger partial charge is 0.283 e. The molecule has 0 aliphatic heterocycles. The Hall–Kier alpha value is -2.11. The fraction of sp³-hybridized carbons (Fsp3) is 0.222. The molecule has 0 spiro atoms. The standard InChI is InChI=1S/C9H11N5O/c1-6-11-3-4-14(6)9(15)7-5-8(10)13(2)12-7/h3-5H,10H2,1-2H3. The number of nitrogens with zero attached hydrogens (tertiary/aromatic N) is 4. The Labute approximate surface area is 86.3 Å². The van der Waals surface area contributed by atoms with Gasteiger partial charge in [-0.2, -0.15) is 5.10 Å². The summed E-state index contributed by atoms with van der Waals surface area (Å²) in [6, 6.07) is 1.54. The van der Waals surface area contributed by atoms with E-state index in [2.05, 4.69) is 10.1 Å². The SMILES string of the molecule is Cc1nccn1C(=O)c1cc(N)n(C)n1. The molecule has 0 fully saturated rings. The second kappa shape index (κ2) is 3.23. The van der Waals surface area contributed by atoms with E-state index in [4.69, 9.17) is 5.73 Å². The third kappa shape index (κ3) is 1.50. The van der Waals surface area contributed by atoms with Crippen molar-refractivity contribution >= 4 is 11.7 Å². The summed E-state index contributed by atoms with van der Waals surface area (Å²) in [5, 5.41) is 4.00. The minimum Gasteiger partial charge on any atom is -0.384 e. The highest BCUT2D eigenvalue weighted by Crippen LogP contribution is 2.07. The van der Waals surface area contributed by atoms with Gasteiger partial charge in [-0.3, -0.25) is 14.0 Å². The Morgan fingerprint density at radius 1 is 1.53 bits per heavy atom. The zero-order valence-electron chi connectivity index (χ0n) is 8.51. The molecule has 2 N–H and O–H groups in total. The number of anilines is 1. The second-order valence-electron chi connectivity index (χ2n) is 3.23. The lowest BCUT2D eigenvalue weighted by Crippen LogP contribution is -2.13. The van der Waals surface area contributed by atoms with Crippen molar-refractivity contribution in [2.45, 2.75) is 6.92 Å². The molecular weight excluding hydrogens is 194 g/mol. The van der Waals surface area contributed by atoms with Crippen molar-refractivity contribution in [3.63, 3.8) is 0 Å². The lowest BCUT2D eigenvalue weighted by atomic mass is 10.4. The Morgan fingerprint density at radius 2 is 2.27 bits per heavy atom. The number of aromatic nitrogens is 4. The number of hydrogen-bond acceptors (Lipinski definition) is 4. The van der Waals surface area contributed by atoms with Gasteiger partial charge in [-0.05, 0) is 6.92 Å². The summed E-state index contributed by atoms with van der Waals surface area (Å²) in [7, 11) is 1.69. The maximum atomic E-state index is 11.9. The van der Waals surface area contributed by atoms with E-state index >= 15 is 0 Å². The number of nitrogen functional groups attached to an aromatic ring is 1. The first-order valence-electron chi connectivity index (χ1n) is 4.44. The highest BCUT2D eigenvalue weighted by Gasteiger charge is 2.14. The van der Waals surface area contributed by atoms with E-state index in [0.717, 1.165) is 0 Å². The van der Waals surface area contributed by atoms with Crippen LogP contribution in [0.4, 0.5) is 5.82 Å². The lowest BCUT2D eigenvalue weighted by molar-refractivity contribution is 0.0952. The van der Waals surface area contributed by atoms with Crippen LogP contribution in [0.25, 0.3) is 0 Å². The molecule has 78 valence electrons. The van der Waals surface area contributed by atoms with E-state index < -0.39 is 0 Å². The number of rotatable bonds is 1. The van der Waals surface area contributed by atoms with E-state index in [1.54, 1.807) is 32.4 Å². The molecule has 0 saturated carbocycles. The van der Waals surface area contributed by atoms with Crippen LogP contribution in [-0.4, -0.2) is 25.2 Å². The fourth-order valence-electron chi connectivity index (χ4n) is 1.30. The monoisotopic (exact) mass is 205 g/mol. The first kappa shape index (κ1) is 9.45. The van der Waals surface area contributed by atoms with Crippen LogP contribution in [0, 0.1) is 6.92 Å². The minimum atomic E-state index is -0.225. The quantitative estimate of drug-likeness (QED) is 0.721. The molecule has 15 heavy (non-hydrogen) atoms. The number of nitrogens with two attached hydrogens (primary N) is 1. The first-order valence-corrected chi connectivity index (χ1v) is 4.44. The fourth-order valence-corrected chi connectivity index (χ4v) is 1.30. The van der Waals surface area contributed by atoms with Crippen LogP contribution in [0.3, 0.4) is 0 Å². The van der Waals surface area contributed by atoms with E-state index in [0.29, 0.717) is 17.3 Å². The summed E-state index contributed by atoms with van der Waals surface area (Å²) in [6.07, 6.45) is 3.17. The van der Waals surface area contributed by atoms with Gasteiger partial charge in [0, 0.05) is 25.5 Å². The number of aryl methyl sites for hydroxylation is 2. The normalized spacial score (nSPS) is 10.5. The molecule has 2 aromatic heterocycles.